The van der Waals surface area contributed by atoms with Crippen molar-refractivity contribution >= 4 is 12.0 Å². The van der Waals surface area contributed by atoms with Gasteiger partial charge in [0.1, 0.15) is 0 Å². The molecule has 0 heterocycles. The molecule has 0 aromatic heterocycles. The molecule has 0 aliphatic heterocycles. The summed E-state index contributed by atoms with van der Waals surface area (Å²) < 4.78 is 38.2. The number of aliphatic hydroxyl groups excluding tert-OH is 3. The van der Waals surface area contributed by atoms with Crippen molar-refractivity contribution in [3.05, 3.63) is 71.8 Å². The molecule has 2 amide bonds. The summed E-state index contributed by atoms with van der Waals surface area (Å²) in [5.41, 5.74) is 1.40. The summed E-state index contributed by atoms with van der Waals surface area (Å²) in [5, 5.41) is 46.5. The van der Waals surface area contributed by atoms with Crippen LogP contribution in [0.5, 0.6) is 0 Å². The first-order valence-electron chi connectivity index (χ1n) is 11.2. The van der Waals surface area contributed by atoms with Crippen LogP contribution in [0.4, 0.5) is 18.0 Å². The Morgan fingerprint density at radius 3 is 1.56 bits per heavy atom. The van der Waals surface area contributed by atoms with Gasteiger partial charge >= 0.3 is 12.3 Å². The van der Waals surface area contributed by atoms with E-state index in [1.54, 1.807) is 60.7 Å². The lowest BCUT2D eigenvalue weighted by Crippen LogP contribution is -2.55. The van der Waals surface area contributed by atoms with Crippen LogP contribution < -0.4 is 16.0 Å². The van der Waals surface area contributed by atoms with E-state index in [4.69, 9.17) is 5.11 Å². The maximum atomic E-state index is 12.7. The van der Waals surface area contributed by atoms with E-state index in [-0.39, 0.29) is 25.9 Å². The van der Waals surface area contributed by atoms with Gasteiger partial charge in [-0.2, -0.15) is 13.2 Å². The van der Waals surface area contributed by atoms with Gasteiger partial charge in [-0.05, 0) is 24.0 Å². The zero-order chi connectivity index (χ0) is 26.7. The van der Waals surface area contributed by atoms with Gasteiger partial charge in [0, 0.05) is 13.1 Å². The molecule has 5 unspecified atom stereocenters. The molecule has 9 nitrogen and oxygen atoms in total. The van der Waals surface area contributed by atoms with E-state index in [1.807, 2.05) is 5.32 Å². The van der Waals surface area contributed by atoms with Crippen LogP contribution in [0, 0.1) is 0 Å². The molecule has 2 aromatic rings. The third-order valence-corrected chi connectivity index (χ3v) is 5.43. The average Bonchev–Trinajstić information content (AvgIpc) is 2.83. The molecule has 7 N–H and O–H groups in total. The summed E-state index contributed by atoms with van der Waals surface area (Å²) in [6, 6.07) is 15.2. The van der Waals surface area contributed by atoms with E-state index in [1.165, 1.54) is 0 Å². The molecule has 0 bridgehead atoms. The van der Waals surface area contributed by atoms with Gasteiger partial charge in [0.25, 0.3) is 5.91 Å². The molecule has 0 saturated carbocycles. The molecule has 0 radical (unpaired) electrons. The topological polar surface area (TPSA) is 151 Å². The summed E-state index contributed by atoms with van der Waals surface area (Å²) in [5.74, 6) is -1.70. The van der Waals surface area contributed by atoms with E-state index < -0.39 is 48.6 Å². The van der Waals surface area contributed by atoms with Crippen LogP contribution in [0.2, 0.25) is 0 Å². The predicted octanol–water partition coefficient (Wildman–Crippen LogP) is 0.827. The fourth-order valence-electron chi connectivity index (χ4n) is 3.54. The number of carbonyl (C=O) groups is 2. The maximum Gasteiger partial charge on any atom is 0.423 e. The van der Waals surface area contributed by atoms with Gasteiger partial charge in [-0.3, -0.25) is 4.79 Å². The van der Waals surface area contributed by atoms with E-state index in [0.29, 0.717) is 5.56 Å². The smallest absolute Gasteiger partial charge is 0.423 e. The van der Waals surface area contributed by atoms with Crippen LogP contribution >= 0.6 is 0 Å². The van der Waals surface area contributed by atoms with Gasteiger partial charge in [-0.15, -0.1) is 0 Å². The van der Waals surface area contributed by atoms with Gasteiger partial charge in [0.05, 0.1) is 24.3 Å². The van der Waals surface area contributed by atoms with Gasteiger partial charge < -0.3 is 36.4 Å². The van der Waals surface area contributed by atoms with E-state index in [0.717, 1.165) is 5.56 Å². The molecule has 198 valence electrons. The SMILES string of the molecule is O=C(O)NC(Cc1ccccc1)C(O)CNCC(O)C(Cc1ccccc1)NC(=O)C(O)C(F)(F)F. The highest BCUT2D eigenvalue weighted by Gasteiger charge is 2.44. The van der Waals surface area contributed by atoms with Crippen LogP contribution in [0.15, 0.2) is 60.7 Å². The molecule has 0 aliphatic carbocycles. The first-order chi connectivity index (χ1) is 17.0. The number of aliphatic hydroxyl groups is 3. The fraction of sp³-hybridized carbons (Fsp3) is 0.417. The number of halogens is 3. The van der Waals surface area contributed by atoms with Gasteiger partial charge in [0.15, 0.2) is 0 Å². The third-order valence-electron chi connectivity index (χ3n) is 5.43. The minimum absolute atomic E-state index is 0.0280. The second-order valence-electron chi connectivity index (χ2n) is 8.29. The highest BCUT2D eigenvalue weighted by molar-refractivity contribution is 5.81. The molecule has 36 heavy (non-hydrogen) atoms. The maximum absolute atomic E-state index is 12.7. The number of amides is 2. The average molecular weight is 514 g/mol. The van der Waals surface area contributed by atoms with E-state index in [2.05, 4.69) is 10.6 Å². The molecular formula is C24H30F3N3O6. The molecule has 0 fully saturated rings. The zero-order valence-electron chi connectivity index (χ0n) is 19.2. The minimum Gasteiger partial charge on any atom is -0.465 e. The van der Waals surface area contributed by atoms with Gasteiger partial charge in [-0.25, -0.2) is 4.79 Å². The monoisotopic (exact) mass is 513 g/mol. The number of hydrogen-bond donors (Lipinski definition) is 7. The Morgan fingerprint density at radius 1 is 0.750 bits per heavy atom. The molecule has 0 saturated heterocycles. The van der Waals surface area contributed by atoms with Crippen LogP contribution in [0.1, 0.15) is 11.1 Å². The van der Waals surface area contributed by atoms with Crippen molar-refractivity contribution in [1.82, 2.24) is 16.0 Å². The molecule has 2 aromatic carbocycles. The molecule has 12 heteroatoms. The Balaban J connectivity index is 2.01. The van der Waals surface area contributed by atoms with Crippen molar-refractivity contribution < 1.29 is 43.2 Å². The molecular weight excluding hydrogens is 483 g/mol. The van der Waals surface area contributed by atoms with Crippen LogP contribution in [0.25, 0.3) is 0 Å². The lowest BCUT2D eigenvalue weighted by Gasteiger charge is -2.28. The molecule has 0 spiro atoms. The van der Waals surface area contributed by atoms with E-state index in [9.17, 15) is 38.1 Å². The fourth-order valence-corrected chi connectivity index (χ4v) is 3.54. The van der Waals surface area contributed by atoms with Crippen molar-refractivity contribution in [2.24, 2.45) is 0 Å². The normalized spacial score (nSPS) is 15.8. The third kappa shape index (κ3) is 9.82. The number of hydrogen-bond acceptors (Lipinski definition) is 6. The highest BCUT2D eigenvalue weighted by Crippen LogP contribution is 2.20. The van der Waals surface area contributed by atoms with Crippen molar-refractivity contribution in [3.8, 4) is 0 Å². The van der Waals surface area contributed by atoms with Gasteiger partial charge in [0.2, 0.25) is 6.10 Å². The van der Waals surface area contributed by atoms with Crippen molar-refractivity contribution in [2.75, 3.05) is 13.1 Å². The summed E-state index contributed by atoms with van der Waals surface area (Å²) >= 11 is 0. The lowest BCUT2D eigenvalue weighted by molar-refractivity contribution is -0.205. The first kappa shape index (κ1) is 29.0. The summed E-state index contributed by atoms with van der Waals surface area (Å²) in [4.78, 5) is 23.1. The quantitative estimate of drug-likeness (QED) is 0.210. The van der Waals surface area contributed by atoms with Crippen LogP contribution in [-0.2, 0) is 17.6 Å². The number of nitrogens with one attached hydrogen (secondary N) is 3. The summed E-state index contributed by atoms with van der Waals surface area (Å²) in [7, 11) is 0. The molecule has 5 atom stereocenters. The van der Waals surface area contributed by atoms with Crippen LogP contribution in [0.3, 0.4) is 0 Å². The predicted molar refractivity (Wildman–Crippen MR) is 124 cm³/mol. The van der Waals surface area contributed by atoms with Crippen molar-refractivity contribution in [1.29, 1.82) is 0 Å². The summed E-state index contributed by atoms with van der Waals surface area (Å²) in [6.07, 6.45) is -12.2. The highest BCUT2D eigenvalue weighted by atomic mass is 19.4. The first-order valence-corrected chi connectivity index (χ1v) is 11.2. The number of carbonyl (C=O) groups excluding carboxylic acids is 1. The molecule has 0 aliphatic rings. The summed E-state index contributed by atoms with van der Waals surface area (Å²) in [6.45, 7) is -0.409. The van der Waals surface area contributed by atoms with E-state index >= 15 is 0 Å². The Morgan fingerprint density at radius 2 is 1.17 bits per heavy atom. The lowest BCUT2D eigenvalue weighted by atomic mass is 9.99. The van der Waals surface area contributed by atoms with Crippen molar-refractivity contribution in [2.45, 2.75) is 49.4 Å². The minimum atomic E-state index is -5.17. The van der Waals surface area contributed by atoms with Crippen LogP contribution in [-0.4, -0.2) is 82.1 Å². The Labute approximate surface area is 206 Å². The molecule has 2 rings (SSSR count). The standard InChI is InChI=1S/C24H30F3N3O6/c25-24(26,27)21(33)22(34)29-17(11-15-7-3-1-4-8-15)19(31)13-28-14-20(32)18(30-23(35)36)12-16-9-5-2-6-10-16/h1-10,17-21,28,30-33H,11-14H2,(H,29,34)(H,35,36). The number of benzene rings is 2. The Bertz CT molecular complexity index is 949. The largest absolute Gasteiger partial charge is 0.465 e. The Hall–Kier alpha value is -3.19. The van der Waals surface area contributed by atoms with Crippen molar-refractivity contribution in [3.63, 3.8) is 0 Å². The number of alkyl halides is 3. The Kier molecular flexibility index (Phi) is 11.1. The number of carboxylic acid groups (broad SMARTS) is 1. The van der Waals surface area contributed by atoms with Gasteiger partial charge in [-0.1, -0.05) is 60.7 Å². The zero-order valence-corrected chi connectivity index (χ0v) is 19.2. The number of rotatable bonds is 13. The second-order valence-corrected chi connectivity index (χ2v) is 8.29. The second kappa shape index (κ2) is 13.8.